The van der Waals surface area contributed by atoms with Crippen LogP contribution >= 0.6 is 0 Å². The molecule has 0 aliphatic carbocycles. The number of nitrogens with zero attached hydrogens (tertiary/aromatic N) is 1. The number of furan rings is 1. The SMILES string of the molecule is c1ccc(N(c2ccc3c(ccc4c5ccccc5oc34)c2)c2cc3ccccc3c3ccc4ccccc4c23)cc1. The van der Waals surface area contributed by atoms with Crippen LogP contribution in [-0.4, -0.2) is 0 Å². The summed E-state index contributed by atoms with van der Waals surface area (Å²) in [5.74, 6) is 0. The largest absolute Gasteiger partial charge is 0.455 e. The Bertz CT molecular complexity index is 2470. The molecule has 9 rings (SSSR count). The summed E-state index contributed by atoms with van der Waals surface area (Å²) in [4.78, 5) is 2.41. The standard InChI is InChI=1S/C40H25NO/c1-2-12-29(13-3-1)41(30-20-23-33-28(24-30)19-22-36-34-16-8-9-17-38(34)42-40(33)36)37-25-27-11-5-6-14-31(27)35-21-18-26-10-4-7-15-32(26)39(35)37/h1-25H. The fourth-order valence-electron chi connectivity index (χ4n) is 6.68. The number of hydrogen-bond acceptors (Lipinski definition) is 2. The van der Waals surface area contributed by atoms with Crippen molar-refractivity contribution in [2.75, 3.05) is 4.90 Å². The molecule has 0 N–H and O–H groups in total. The van der Waals surface area contributed by atoms with Gasteiger partial charge in [0.2, 0.25) is 0 Å². The third-order valence-corrected chi connectivity index (χ3v) is 8.59. The number of hydrogen-bond donors (Lipinski definition) is 0. The smallest absolute Gasteiger partial charge is 0.143 e. The van der Waals surface area contributed by atoms with Crippen LogP contribution in [0.1, 0.15) is 0 Å². The minimum atomic E-state index is 0.921. The van der Waals surface area contributed by atoms with Gasteiger partial charge in [-0.25, -0.2) is 0 Å². The maximum absolute atomic E-state index is 6.38. The molecule has 2 nitrogen and oxygen atoms in total. The predicted octanol–water partition coefficient (Wildman–Crippen LogP) is 11.7. The Labute approximate surface area is 242 Å². The molecule has 2 heteroatoms. The zero-order chi connectivity index (χ0) is 27.6. The second kappa shape index (κ2) is 8.95. The Kier molecular flexibility index (Phi) is 4.93. The Morgan fingerprint density at radius 1 is 0.381 bits per heavy atom. The second-order valence-corrected chi connectivity index (χ2v) is 10.9. The molecular formula is C40H25NO. The number of fused-ring (bicyclic) bond motifs is 10. The van der Waals surface area contributed by atoms with Gasteiger partial charge >= 0.3 is 0 Å². The molecule has 0 saturated heterocycles. The summed E-state index contributed by atoms with van der Waals surface area (Å²) in [5.41, 5.74) is 5.24. The van der Waals surface area contributed by atoms with Crippen LogP contribution in [0.4, 0.5) is 17.1 Å². The normalized spacial score (nSPS) is 11.8. The van der Waals surface area contributed by atoms with Crippen molar-refractivity contribution in [1.29, 1.82) is 0 Å². The van der Waals surface area contributed by atoms with Crippen LogP contribution in [0.2, 0.25) is 0 Å². The summed E-state index contributed by atoms with van der Waals surface area (Å²) >= 11 is 0. The number of anilines is 3. The molecule has 0 bridgehead atoms. The van der Waals surface area contributed by atoms with Crippen molar-refractivity contribution in [2.45, 2.75) is 0 Å². The highest BCUT2D eigenvalue weighted by Crippen LogP contribution is 2.45. The lowest BCUT2D eigenvalue weighted by Gasteiger charge is -2.28. The van der Waals surface area contributed by atoms with Gasteiger partial charge < -0.3 is 9.32 Å². The molecule has 0 aliphatic heterocycles. The number of benzene rings is 8. The molecule has 1 heterocycles. The first-order valence-corrected chi connectivity index (χ1v) is 14.4. The third-order valence-electron chi connectivity index (χ3n) is 8.59. The van der Waals surface area contributed by atoms with E-state index in [0.717, 1.165) is 49.8 Å². The van der Waals surface area contributed by atoms with Crippen LogP contribution in [0.15, 0.2) is 156 Å². The van der Waals surface area contributed by atoms with E-state index in [1.807, 2.05) is 12.1 Å². The van der Waals surface area contributed by atoms with Crippen LogP contribution in [0, 0.1) is 0 Å². The van der Waals surface area contributed by atoms with Gasteiger partial charge in [0.15, 0.2) is 0 Å². The Balaban J connectivity index is 1.37. The summed E-state index contributed by atoms with van der Waals surface area (Å²) in [7, 11) is 0. The number of rotatable bonds is 3. The Morgan fingerprint density at radius 3 is 1.90 bits per heavy atom. The average Bonchev–Trinajstić information content (AvgIpc) is 3.44. The van der Waals surface area contributed by atoms with Gasteiger partial charge in [-0.2, -0.15) is 0 Å². The van der Waals surface area contributed by atoms with E-state index in [1.165, 1.54) is 32.3 Å². The van der Waals surface area contributed by atoms with E-state index in [0.29, 0.717) is 0 Å². The lowest BCUT2D eigenvalue weighted by molar-refractivity contribution is 0.672. The lowest BCUT2D eigenvalue weighted by Crippen LogP contribution is -2.10. The summed E-state index contributed by atoms with van der Waals surface area (Å²) in [6.45, 7) is 0. The van der Waals surface area contributed by atoms with Gasteiger partial charge in [-0.3, -0.25) is 0 Å². The van der Waals surface area contributed by atoms with Crippen molar-refractivity contribution >= 4 is 82.1 Å². The van der Waals surface area contributed by atoms with E-state index < -0.39 is 0 Å². The maximum atomic E-state index is 6.38. The Morgan fingerprint density at radius 2 is 1.02 bits per heavy atom. The fraction of sp³-hybridized carbons (Fsp3) is 0. The molecule has 42 heavy (non-hydrogen) atoms. The van der Waals surface area contributed by atoms with Crippen molar-refractivity contribution < 1.29 is 4.42 Å². The minimum Gasteiger partial charge on any atom is -0.455 e. The molecule has 0 amide bonds. The van der Waals surface area contributed by atoms with E-state index in [9.17, 15) is 0 Å². The van der Waals surface area contributed by atoms with Gasteiger partial charge in [0.05, 0.1) is 5.69 Å². The predicted molar refractivity (Wildman–Crippen MR) is 178 cm³/mol. The van der Waals surface area contributed by atoms with Gasteiger partial charge in [-0.05, 0) is 80.8 Å². The highest BCUT2D eigenvalue weighted by molar-refractivity contribution is 6.24. The quantitative estimate of drug-likeness (QED) is 0.209. The van der Waals surface area contributed by atoms with E-state index in [1.54, 1.807) is 0 Å². The fourth-order valence-corrected chi connectivity index (χ4v) is 6.68. The Hall–Kier alpha value is -5.60. The monoisotopic (exact) mass is 535 g/mol. The summed E-state index contributed by atoms with van der Waals surface area (Å²) in [6.07, 6.45) is 0. The van der Waals surface area contributed by atoms with Gasteiger partial charge in [0.25, 0.3) is 0 Å². The molecule has 196 valence electrons. The molecule has 1 aromatic heterocycles. The van der Waals surface area contributed by atoms with E-state index in [4.69, 9.17) is 4.42 Å². The molecule has 0 saturated carbocycles. The van der Waals surface area contributed by atoms with Gasteiger partial charge in [0.1, 0.15) is 11.2 Å². The first kappa shape index (κ1) is 23.1. The zero-order valence-corrected chi connectivity index (χ0v) is 22.8. The lowest BCUT2D eigenvalue weighted by atomic mass is 9.94. The molecule has 0 spiro atoms. The van der Waals surface area contributed by atoms with Crippen LogP contribution in [0.3, 0.4) is 0 Å². The van der Waals surface area contributed by atoms with E-state index in [-0.39, 0.29) is 0 Å². The van der Waals surface area contributed by atoms with Crippen molar-refractivity contribution in [1.82, 2.24) is 0 Å². The highest BCUT2D eigenvalue weighted by Gasteiger charge is 2.20. The van der Waals surface area contributed by atoms with Crippen molar-refractivity contribution in [3.63, 3.8) is 0 Å². The number of para-hydroxylation sites is 2. The molecule has 0 radical (unpaired) electrons. The first-order chi connectivity index (χ1) is 20.8. The van der Waals surface area contributed by atoms with Crippen molar-refractivity contribution in [2.24, 2.45) is 0 Å². The third kappa shape index (κ3) is 3.39. The summed E-state index contributed by atoms with van der Waals surface area (Å²) in [5, 5.41) is 12.1. The molecular weight excluding hydrogens is 510 g/mol. The van der Waals surface area contributed by atoms with Crippen LogP contribution in [-0.2, 0) is 0 Å². The highest BCUT2D eigenvalue weighted by atomic mass is 16.3. The van der Waals surface area contributed by atoms with Crippen molar-refractivity contribution in [3.8, 4) is 0 Å². The summed E-state index contributed by atoms with van der Waals surface area (Å²) < 4.78 is 6.38. The topological polar surface area (TPSA) is 16.4 Å². The summed E-state index contributed by atoms with van der Waals surface area (Å²) in [6, 6.07) is 54.4. The van der Waals surface area contributed by atoms with Gasteiger partial charge in [-0.1, -0.05) is 103 Å². The molecule has 9 aromatic rings. The first-order valence-electron chi connectivity index (χ1n) is 14.4. The maximum Gasteiger partial charge on any atom is 0.143 e. The molecule has 0 fully saturated rings. The van der Waals surface area contributed by atoms with Gasteiger partial charge in [0, 0.05) is 32.9 Å². The molecule has 0 atom stereocenters. The molecule has 0 aliphatic rings. The van der Waals surface area contributed by atoms with Gasteiger partial charge in [-0.15, -0.1) is 0 Å². The van der Waals surface area contributed by atoms with Crippen LogP contribution in [0.5, 0.6) is 0 Å². The zero-order valence-electron chi connectivity index (χ0n) is 22.8. The minimum absolute atomic E-state index is 0.921. The second-order valence-electron chi connectivity index (χ2n) is 10.9. The van der Waals surface area contributed by atoms with E-state index >= 15 is 0 Å². The van der Waals surface area contributed by atoms with Crippen LogP contribution in [0.25, 0.3) is 65.0 Å². The average molecular weight is 536 g/mol. The van der Waals surface area contributed by atoms with Crippen LogP contribution < -0.4 is 4.90 Å². The molecule has 8 aromatic carbocycles. The molecule has 0 unspecified atom stereocenters. The van der Waals surface area contributed by atoms with Crippen molar-refractivity contribution in [3.05, 3.63) is 152 Å². The van der Waals surface area contributed by atoms with E-state index in [2.05, 4.69) is 144 Å².